The smallest absolute Gasteiger partial charge is 0.218 e. The van der Waals surface area contributed by atoms with Gasteiger partial charge in [0.25, 0.3) is 0 Å². The predicted molar refractivity (Wildman–Crippen MR) is 116 cm³/mol. The van der Waals surface area contributed by atoms with Gasteiger partial charge in [-0.1, -0.05) is 48.1 Å². The van der Waals surface area contributed by atoms with Gasteiger partial charge in [0.05, 0.1) is 5.22 Å². The van der Waals surface area contributed by atoms with Gasteiger partial charge in [-0.05, 0) is 61.2 Å². The van der Waals surface area contributed by atoms with Gasteiger partial charge in [0.15, 0.2) is 0 Å². The third-order valence-corrected chi connectivity index (χ3v) is 5.51. The standard InChI is InChI=1S/C26H27N2/c1-18-15-19(2)26(20(3)16-18)27-17-22-11-8-14-25(28(22)4)24-13-7-10-21-9-5-6-12-23(21)24/h5-8,10-16,27H,4,9,17H2,1-3H3/q+1/b25-24+. The molecular weight excluding hydrogens is 340 g/mol. The van der Waals surface area contributed by atoms with Crippen molar-refractivity contribution in [2.24, 2.45) is 0 Å². The van der Waals surface area contributed by atoms with Crippen molar-refractivity contribution in [3.63, 3.8) is 0 Å². The van der Waals surface area contributed by atoms with E-state index in [1.165, 1.54) is 38.4 Å². The number of aryl methyl sites for hydroxylation is 3. The first-order chi connectivity index (χ1) is 13.5. The molecule has 4 rings (SSSR count). The van der Waals surface area contributed by atoms with E-state index in [0.29, 0.717) is 0 Å². The summed E-state index contributed by atoms with van der Waals surface area (Å²) in [5, 5.41) is 7.31. The maximum atomic E-state index is 4.36. The summed E-state index contributed by atoms with van der Waals surface area (Å²) in [6.45, 7) is 11.6. The van der Waals surface area contributed by atoms with Gasteiger partial charge in [0.1, 0.15) is 13.3 Å². The van der Waals surface area contributed by atoms with E-state index >= 15 is 0 Å². The number of fused-ring (bicyclic) bond motifs is 1. The first-order valence-corrected chi connectivity index (χ1v) is 9.83. The average molecular weight is 368 g/mol. The molecule has 2 heteroatoms. The number of nitrogens with zero attached hydrogens (tertiary/aromatic N) is 1. The second-order valence-electron chi connectivity index (χ2n) is 7.63. The zero-order valence-corrected chi connectivity index (χ0v) is 16.9. The molecule has 28 heavy (non-hydrogen) atoms. The van der Waals surface area contributed by atoms with Gasteiger partial charge in [-0.3, -0.25) is 0 Å². The number of aromatic nitrogens is 1. The number of hydrogen-bond acceptors (Lipinski definition) is 1. The van der Waals surface area contributed by atoms with Crippen LogP contribution >= 0.6 is 0 Å². The SMILES string of the molecule is C=[n+]1c(CNc2c(C)cc(C)cc2C)ccc/c1=c1/cccc2c1=CC=CC2. The van der Waals surface area contributed by atoms with Gasteiger partial charge in [-0.2, -0.15) is 4.24 Å². The number of nitrogens with one attached hydrogen (secondary N) is 1. The number of anilines is 1. The first kappa shape index (κ1) is 18.2. The molecule has 2 aromatic carbocycles. The molecule has 0 atom stereocenters. The minimum absolute atomic E-state index is 0.737. The third kappa shape index (κ3) is 3.38. The quantitative estimate of drug-likeness (QED) is 0.682. The zero-order chi connectivity index (χ0) is 19.7. The van der Waals surface area contributed by atoms with Crippen LogP contribution in [0.4, 0.5) is 5.69 Å². The van der Waals surface area contributed by atoms with Crippen molar-refractivity contribution in [2.75, 3.05) is 5.32 Å². The molecule has 2 nitrogen and oxygen atoms in total. The summed E-state index contributed by atoms with van der Waals surface area (Å²) in [4.78, 5) is 0. The molecule has 0 spiro atoms. The Morgan fingerprint density at radius 1 is 1.00 bits per heavy atom. The number of allylic oxidation sites excluding steroid dienone is 2. The van der Waals surface area contributed by atoms with Crippen LogP contribution in [0.15, 0.2) is 60.7 Å². The third-order valence-electron chi connectivity index (χ3n) is 5.51. The predicted octanol–water partition coefficient (Wildman–Crippen LogP) is 4.33. The van der Waals surface area contributed by atoms with Crippen molar-refractivity contribution in [1.29, 1.82) is 0 Å². The summed E-state index contributed by atoms with van der Waals surface area (Å²) in [6.07, 6.45) is 7.55. The van der Waals surface area contributed by atoms with Crippen LogP contribution < -0.4 is 14.8 Å². The Balaban J connectivity index is 1.81. The number of rotatable bonds is 3. The van der Waals surface area contributed by atoms with Gasteiger partial charge in [-0.25, -0.2) is 0 Å². The van der Waals surface area contributed by atoms with Crippen LogP contribution in [0.2, 0.25) is 0 Å². The van der Waals surface area contributed by atoms with Crippen molar-refractivity contribution in [2.45, 2.75) is 33.7 Å². The molecule has 0 saturated heterocycles. The molecule has 0 aliphatic heterocycles. The van der Waals surface area contributed by atoms with Crippen LogP contribution in [0.5, 0.6) is 0 Å². The highest BCUT2D eigenvalue weighted by Gasteiger charge is 2.09. The number of benzene rings is 2. The zero-order valence-electron chi connectivity index (χ0n) is 16.9. The minimum atomic E-state index is 0.737. The summed E-state index contributed by atoms with van der Waals surface area (Å²) < 4.78 is 2.06. The lowest BCUT2D eigenvalue weighted by Crippen LogP contribution is -2.27. The second-order valence-corrected chi connectivity index (χ2v) is 7.63. The lowest BCUT2D eigenvalue weighted by atomic mass is 10.0. The van der Waals surface area contributed by atoms with E-state index in [0.717, 1.165) is 24.0 Å². The highest BCUT2D eigenvalue weighted by atomic mass is 14.9. The second kappa shape index (κ2) is 7.47. The molecular formula is C26H27N2+. The monoisotopic (exact) mass is 367 g/mol. The van der Waals surface area contributed by atoms with Crippen LogP contribution in [0.25, 0.3) is 6.08 Å². The van der Waals surface area contributed by atoms with Crippen LogP contribution in [0.1, 0.15) is 27.9 Å². The fourth-order valence-electron chi connectivity index (χ4n) is 4.18. The lowest BCUT2D eigenvalue weighted by molar-refractivity contribution is -0.519. The van der Waals surface area contributed by atoms with Crippen LogP contribution in [-0.4, -0.2) is 0 Å². The van der Waals surface area contributed by atoms with E-state index < -0.39 is 0 Å². The minimum Gasteiger partial charge on any atom is -0.375 e. The fraction of sp³-hybridized carbons (Fsp3) is 0.192. The van der Waals surface area contributed by atoms with Gasteiger partial charge in [0.2, 0.25) is 11.0 Å². The molecule has 1 N–H and O–H groups in total. The average Bonchev–Trinajstić information content (AvgIpc) is 2.68. The van der Waals surface area contributed by atoms with Gasteiger partial charge >= 0.3 is 0 Å². The Hall–Kier alpha value is -3.13. The summed E-state index contributed by atoms with van der Waals surface area (Å²) in [5.41, 5.74) is 7.60. The lowest BCUT2D eigenvalue weighted by Gasteiger charge is -2.12. The van der Waals surface area contributed by atoms with E-state index in [9.17, 15) is 0 Å². The highest BCUT2D eigenvalue weighted by molar-refractivity contribution is 5.58. The maximum Gasteiger partial charge on any atom is 0.218 e. The summed E-state index contributed by atoms with van der Waals surface area (Å²) >= 11 is 0. The molecule has 0 fully saturated rings. The van der Waals surface area contributed by atoms with E-state index in [4.69, 9.17) is 0 Å². The molecule has 3 aromatic rings. The topological polar surface area (TPSA) is 17.9 Å². The van der Waals surface area contributed by atoms with E-state index in [1.54, 1.807) is 0 Å². The van der Waals surface area contributed by atoms with Gasteiger partial charge < -0.3 is 5.32 Å². The van der Waals surface area contributed by atoms with E-state index in [2.05, 4.69) is 104 Å². The molecule has 1 aromatic heterocycles. The molecule has 1 heterocycles. The van der Waals surface area contributed by atoms with Crippen LogP contribution in [-0.2, 0) is 13.0 Å². The molecule has 1 aliphatic carbocycles. The fourth-order valence-corrected chi connectivity index (χ4v) is 4.18. The summed E-state index contributed by atoms with van der Waals surface area (Å²) in [7, 11) is 0. The Morgan fingerprint density at radius 2 is 1.75 bits per heavy atom. The molecule has 140 valence electrons. The Kier molecular flexibility index (Phi) is 4.87. The Bertz CT molecular complexity index is 1260. The molecule has 0 radical (unpaired) electrons. The van der Waals surface area contributed by atoms with Crippen molar-refractivity contribution in [3.05, 3.63) is 111 Å². The summed E-state index contributed by atoms with van der Waals surface area (Å²) in [6, 6.07) is 17.4. The van der Waals surface area contributed by atoms with Crippen LogP contribution in [0, 0.1) is 38.1 Å². The Morgan fingerprint density at radius 3 is 2.54 bits per heavy atom. The molecule has 1 aliphatic rings. The van der Waals surface area contributed by atoms with Crippen molar-refractivity contribution in [3.8, 4) is 0 Å². The largest absolute Gasteiger partial charge is 0.375 e. The van der Waals surface area contributed by atoms with Gasteiger partial charge in [-0.15, -0.1) is 0 Å². The summed E-state index contributed by atoms with van der Waals surface area (Å²) in [5.74, 6) is 0. The molecule has 0 unspecified atom stereocenters. The van der Waals surface area contributed by atoms with Crippen molar-refractivity contribution in [1.82, 2.24) is 0 Å². The Labute approximate surface area is 166 Å². The normalized spacial score (nSPS) is 13.7. The molecule has 0 amide bonds. The highest BCUT2D eigenvalue weighted by Crippen LogP contribution is 2.22. The molecule has 0 saturated carbocycles. The first-order valence-electron chi connectivity index (χ1n) is 9.83. The van der Waals surface area contributed by atoms with Crippen molar-refractivity contribution < 1.29 is 4.24 Å². The van der Waals surface area contributed by atoms with Gasteiger partial charge in [0, 0.05) is 17.8 Å². The molecule has 0 bridgehead atoms. The number of hydrogen-bond donors (Lipinski definition) is 1. The van der Waals surface area contributed by atoms with Crippen LogP contribution in [0.3, 0.4) is 0 Å². The maximum absolute atomic E-state index is 4.36. The number of pyridine rings is 1. The van der Waals surface area contributed by atoms with E-state index in [1.807, 2.05) is 0 Å². The van der Waals surface area contributed by atoms with Crippen molar-refractivity contribution >= 4 is 11.8 Å². The van der Waals surface area contributed by atoms with E-state index in [-0.39, 0.29) is 0 Å².